The molecule has 3 unspecified atom stereocenters. The number of H-pyrrole nitrogens is 1. The van der Waals surface area contributed by atoms with Crippen LogP contribution in [-0.4, -0.2) is 9.55 Å². The van der Waals surface area contributed by atoms with Gasteiger partial charge >= 0.3 is 0 Å². The molecule has 2 aliphatic carbocycles. The third-order valence-electron chi connectivity index (χ3n) is 5.10. The van der Waals surface area contributed by atoms with Crippen molar-refractivity contribution in [2.24, 2.45) is 17.8 Å². The van der Waals surface area contributed by atoms with E-state index >= 15 is 0 Å². The molecule has 2 nitrogen and oxygen atoms in total. The molecule has 1 aromatic carbocycles. The third kappa shape index (κ3) is 1.83. The van der Waals surface area contributed by atoms with Crippen LogP contribution in [0.25, 0.3) is 11.0 Å². The Morgan fingerprint density at radius 2 is 2.10 bits per heavy atom. The molecule has 0 saturated heterocycles. The van der Waals surface area contributed by atoms with Gasteiger partial charge in [-0.15, -0.1) is 0 Å². The number of fused-ring (bicyclic) bond motifs is 3. The van der Waals surface area contributed by atoms with E-state index in [1.807, 2.05) is 4.57 Å². The maximum Gasteiger partial charge on any atom is 0.178 e. The molecule has 2 fully saturated rings. The zero-order valence-electron chi connectivity index (χ0n) is 11.0. The van der Waals surface area contributed by atoms with Crippen LogP contribution >= 0.6 is 12.2 Å². The second-order valence-electron chi connectivity index (χ2n) is 6.26. The highest BCUT2D eigenvalue weighted by Crippen LogP contribution is 2.49. The highest BCUT2D eigenvalue weighted by molar-refractivity contribution is 7.71. The summed E-state index contributed by atoms with van der Waals surface area (Å²) in [6.45, 7) is 0.781. The molecule has 1 aromatic heterocycles. The highest BCUT2D eigenvalue weighted by Gasteiger charge is 2.39. The van der Waals surface area contributed by atoms with Gasteiger partial charge in [-0.25, -0.2) is 8.78 Å². The average molecular weight is 294 g/mol. The first kappa shape index (κ1) is 12.5. The first-order chi connectivity index (χ1) is 9.61. The van der Waals surface area contributed by atoms with Crippen molar-refractivity contribution < 1.29 is 8.78 Å². The predicted octanol–water partition coefficient (Wildman–Crippen LogP) is 4.41. The first-order valence-corrected chi connectivity index (χ1v) is 7.60. The Bertz CT molecular complexity index is 733. The molecule has 0 spiro atoms. The van der Waals surface area contributed by atoms with Crippen molar-refractivity contribution in [3.63, 3.8) is 0 Å². The zero-order valence-corrected chi connectivity index (χ0v) is 11.9. The number of imidazole rings is 1. The van der Waals surface area contributed by atoms with Crippen molar-refractivity contribution in [2.75, 3.05) is 0 Å². The molecule has 1 heterocycles. The standard InChI is InChI=1S/C15H16F2N2S/c16-11-5-12(17)14-13(6-11)19(15(20)18-14)7-10-4-8-1-2-9(10)3-8/h5-6,8-10H,1-4,7H2,(H,18,20). The van der Waals surface area contributed by atoms with E-state index in [0.717, 1.165) is 24.4 Å². The molecule has 1 N–H and O–H groups in total. The average Bonchev–Trinajstić information content (AvgIpc) is 3.07. The lowest BCUT2D eigenvalue weighted by Crippen LogP contribution is -2.17. The van der Waals surface area contributed by atoms with Crippen LogP contribution in [0.5, 0.6) is 0 Å². The monoisotopic (exact) mass is 294 g/mol. The summed E-state index contributed by atoms with van der Waals surface area (Å²) in [6, 6.07) is 2.27. The van der Waals surface area contributed by atoms with Gasteiger partial charge in [0.05, 0.1) is 5.52 Å². The molecule has 4 rings (SSSR count). The lowest BCUT2D eigenvalue weighted by atomic mass is 9.89. The number of benzene rings is 1. The van der Waals surface area contributed by atoms with E-state index in [9.17, 15) is 8.78 Å². The molecule has 2 bridgehead atoms. The summed E-state index contributed by atoms with van der Waals surface area (Å²) in [7, 11) is 0. The summed E-state index contributed by atoms with van der Waals surface area (Å²) in [5.41, 5.74) is 0.870. The van der Waals surface area contributed by atoms with Crippen LogP contribution in [-0.2, 0) is 6.54 Å². The van der Waals surface area contributed by atoms with Gasteiger partial charge in [0, 0.05) is 12.6 Å². The van der Waals surface area contributed by atoms with Crippen LogP contribution in [0.1, 0.15) is 25.7 Å². The summed E-state index contributed by atoms with van der Waals surface area (Å²) >= 11 is 5.29. The van der Waals surface area contributed by atoms with Crippen molar-refractivity contribution in [3.05, 3.63) is 28.5 Å². The molecular weight excluding hydrogens is 278 g/mol. The van der Waals surface area contributed by atoms with Gasteiger partial charge in [0.2, 0.25) is 0 Å². The zero-order chi connectivity index (χ0) is 13.9. The molecule has 2 aromatic rings. The van der Waals surface area contributed by atoms with E-state index in [1.54, 1.807) is 0 Å². The fraction of sp³-hybridized carbons (Fsp3) is 0.533. The van der Waals surface area contributed by atoms with E-state index in [1.165, 1.54) is 31.7 Å². The second kappa shape index (κ2) is 4.38. The molecule has 106 valence electrons. The van der Waals surface area contributed by atoms with Crippen LogP contribution in [0.2, 0.25) is 0 Å². The molecule has 0 aliphatic heterocycles. The Balaban J connectivity index is 1.76. The second-order valence-corrected chi connectivity index (χ2v) is 6.64. The number of halogens is 2. The van der Waals surface area contributed by atoms with Crippen molar-refractivity contribution in [1.82, 2.24) is 9.55 Å². The minimum atomic E-state index is -0.571. The van der Waals surface area contributed by atoms with Gasteiger partial charge in [0.15, 0.2) is 10.6 Å². The Kier molecular flexibility index (Phi) is 2.74. The smallest absolute Gasteiger partial charge is 0.178 e. The van der Waals surface area contributed by atoms with Crippen LogP contribution in [0.15, 0.2) is 12.1 Å². The van der Waals surface area contributed by atoms with Gasteiger partial charge in [-0.2, -0.15) is 0 Å². The molecular formula is C15H16F2N2S. The number of nitrogens with one attached hydrogen (secondary N) is 1. The Labute approximate surface area is 120 Å². The third-order valence-corrected chi connectivity index (χ3v) is 5.43. The Morgan fingerprint density at radius 3 is 2.80 bits per heavy atom. The minimum Gasteiger partial charge on any atom is -0.328 e. The van der Waals surface area contributed by atoms with Gasteiger partial charge in [-0.05, 0) is 55.3 Å². The maximum absolute atomic E-state index is 13.8. The summed E-state index contributed by atoms with van der Waals surface area (Å²) in [6.07, 6.45) is 5.21. The van der Waals surface area contributed by atoms with E-state index < -0.39 is 11.6 Å². The largest absolute Gasteiger partial charge is 0.328 e. The van der Waals surface area contributed by atoms with Crippen LogP contribution in [0.4, 0.5) is 8.78 Å². The number of rotatable bonds is 2. The van der Waals surface area contributed by atoms with Gasteiger partial charge in [0.1, 0.15) is 11.3 Å². The van der Waals surface area contributed by atoms with Crippen LogP contribution in [0.3, 0.4) is 0 Å². The first-order valence-electron chi connectivity index (χ1n) is 7.19. The predicted molar refractivity (Wildman–Crippen MR) is 76.0 cm³/mol. The quantitative estimate of drug-likeness (QED) is 0.813. The molecule has 0 radical (unpaired) electrons. The van der Waals surface area contributed by atoms with Crippen molar-refractivity contribution in [2.45, 2.75) is 32.2 Å². The summed E-state index contributed by atoms with van der Waals surface area (Å²) in [4.78, 5) is 2.88. The van der Waals surface area contributed by atoms with Gasteiger partial charge in [-0.3, -0.25) is 0 Å². The number of hydrogen-bond acceptors (Lipinski definition) is 1. The fourth-order valence-electron chi connectivity index (χ4n) is 4.20. The summed E-state index contributed by atoms with van der Waals surface area (Å²) in [5.74, 6) is 1.11. The van der Waals surface area contributed by atoms with Gasteiger partial charge < -0.3 is 9.55 Å². The van der Waals surface area contributed by atoms with Gasteiger partial charge in [0.25, 0.3) is 0 Å². The molecule has 2 aliphatic rings. The van der Waals surface area contributed by atoms with Crippen molar-refractivity contribution >= 4 is 23.3 Å². The molecule has 20 heavy (non-hydrogen) atoms. The number of aromatic amines is 1. The molecule has 5 heteroatoms. The van der Waals surface area contributed by atoms with Gasteiger partial charge in [-0.1, -0.05) is 6.42 Å². The lowest BCUT2D eigenvalue weighted by Gasteiger charge is -2.22. The molecule has 3 atom stereocenters. The van der Waals surface area contributed by atoms with E-state index in [-0.39, 0.29) is 0 Å². The van der Waals surface area contributed by atoms with Crippen molar-refractivity contribution in [3.8, 4) is 0 Å². The number of nitrogens with zero attached hydrogens (tertiary/aromatic N) is 1. The van der Waals surface area contributed by atoms with E-state index in [0.29, 0.717) is 21.7 Å². The fourth-order valence-corrected chi connectivity index (χ4v) is 4.47. The highest BCUT2D eigenvalue weighted by atomic mass is 32.1. The molecule has 0 amide bonds. The summed E-state index contributed by atoms with van der Waals surface area (Å²) in [5, 5.41) is 0. The Morgan fingerprint density at radius 1 is 1.25 bits per heavy atom. The normalized spacial score (nSPS) is 28.6. The topological polar surface area (TPSA) is 20.7 Å². The van der Waals surface area contributed by atoms with Crippen LogP contribution in [0, 0.1) is 34.2 Å². The number of hydrogen-bond donors (Lipinski definition) is 1. The van der Waals surface area contributed by atoms with Crippen molar-refractivity contribution in [1.29, 1.82) is 0 Å². The maximum atomic E-state index is 13.8. The van der Waals surface area contributed by atoms with E-state index in [2.05, 4.69) is 4.98 Å². The summed E-state index contributed by atoms with van der Waals surface area (Å²) < 4.78 is 29.6. The lowest BCUT2D eigenvalue weighted by molar-refractivity contribution is 0.297. The Hall–Kier alpha value is -1.23. The molecule has 2 saturated carbocycles. The van der Waals surface area contributed by atoms with E-state index in [4.69, 9.17) is 12.2 Å². The van der Waals surface area contributed by atoms with Crippen LogP contribution < -0.4 is 0 Å². The number of aromatic nitrogens is 2. The SMILES string of the molecule is Fc1cc(F)c2[nH]c(=S)n(CC3CC4CCC3C4)c2c1. The minimum absolute atomic E-state index is 0.319.